The Labute approximate surface area is 509 Å². The molecule has 0 unspecified atom stereocenters. The summed E-state index contributed by atoms with van der Waals surface area (Å²) >= 11 is 0. The Kier molecular flexibility index (Phi) is 12.8. The van der Waals surface area contributed by atoms with Crippen LogP contribution in [0, 0.1) is 11.3 Å². The molecular weight excluding hydrogens is 1070 g/mol. The zero-order valence-corrected chi connectivity index (χ0v) is 47.7. The molecule has 0 spiro atoms. The fourth-order valence-electron chi connectivity index (χ4n) is 12.8. The summed E-state index contributed by atoms with van der Waals surface area (Å²) in [6.45, 7) is 0. The summed E-state index contributed by atoms with van der Waals surface area (Å²) < 4.78 is 4.81. The van der Waals surface area contributed by atoms with Crippen LogP contribution in [0.5, 0.6) is 0 Å². The van der Waals surface area contributed by atoms with Crippen LogP contribution in [0.25, 0.3) is 156 Å². The van der Waals surface area contributed by atoms with Crippen LogP contribution in [0.2, 0.25) is 0 Å². The van der Waals surface area contributed by atoms with Crippen molar-refractivity contribution in [2.45, 2.75) is 0 Å². The third-order valence-corrected chi connectivity index (χ3v) is 17.0. The zero-order chi connectivity index (χ0) is 58.5. The Bertz CT molecular complexity index is 5110. The monoisotopic (exact) mass is 1120 g/mol. The van der Waals surface area contributed by atoms with E-state index in [0.717, 1.165) is 138 Å². The van der Waals surface area contributed by atoms with E-state index in [9.17, 15) is 5.26 Å². The van der Waals surface area contributed by atoms with E-state index in [4.69, 9.17) is 15.0 Å². The molecule has 16 rings (SSSR count). The van der Waals surface area contributed by atoms with Crippen LogP contribution >= 0.6 is 0 Å². The molecule has 0 N–H and O–H groups in total. The lowest BCUT2D eigenvalue weighted by Crippen LogP contribution is -2.03. The molecule has 0 atom stereocenters. The number of rotatable bonds is 11. The molecule has 0 aliphatic rings. The van der Waals surface area contributed by atoms with E-state index in [1.165, 1.54) is 0 Å². The maximum absolute atomic E-state index is 11.1. The fourth-order valence-corrected chi connectivity index (χ4v) is 12.8. The van der Waals surface area contributed by atoms with Gasteiger partial charge >= 0.3 is 0 Å². The number of aromatic nitrogens is 5. The van der Waals surface area contributed by atoms with Crippen molar-refractivity contribution in [3.8, 4) is 118 Å². The molecule has 0 aliphatic carbocycles. The molecular formula is C82H52N6. The Morgan fingerprint density at radius 2 is 0.523 bits per heavy atom. The highest BCUT2D eigenvalue weighted by Crippen LogP contribution is 2.45. The van der Waals surface area contributed by atoms with E-state index in [-0.39, 0.29) is 0 Å². The fraction of sp³-hybridized carbons (Fsp3) is 0. The smallest absolute Gasteiger partial charge is 0.164 e. The molecule has 3 heterocycles. The standard InChI is InChI=1S/C82H52N6/c83-53-66-33-19-20-34-67(66)69-51-64(39-45-75(69)88-78-43-37-62(56-25-11-3-12-26-56)49-72(78)73-50-63(38-44-79(73)88)57-27-13-4-14-28-57)68-52-65(82-85-80(58-29-15-5-16-30-58)84-81(86-82)59-31-17-6-18-32-59)40-46-74(68)87-76-41-35-60(54-21-7-1-8-22-54)47-70(76)71-48-61(36-42-77(71)87)55-23-9-2-10-24-55/h1-52H. The lowest BCUT2D eigenvalue weighted by Gasteiger charge is -2.20. The molecule has 13 aromatic carbocycles. The minimum absolute atomic E-state index is 0.546. The van der Waals surface area contributed by atoms with E-state index >= 15 is 0 Å². The van der Waals surface area contributed by atoms with Crippen LogP contribution in [0.1, 0.15) is 5.56 Å². The highest BCUT2D eigenvalue weighted by Gasteiger charge is 2.24. The quantitative estimate of drug-likeness (QED) is 0.129. The van der Waals surface area contributed by atoms with E-state index in [0.29, 0.717) is 23.0 Å². The molecule has 6 nitrogen and oxygen atoms in total. The van der Waals surface area contributed by atoms with Crippen molar-refractivity contribution in [2.75, 3.05) is 0 Å². The van der Waals surface area contributed by atoms with Gasteiger partial charge in [-0.3, -0.25) is 0 Å². The summed E-state index contributed by atoms with van der Waals surface area (Å²) in [7, 11) is 0. The van der Waals surface area contributed by atoms with Crippen LogP contribution in [-0.4, -0.2) is 24.1 Å². The lowest BCUT2D eigenvalue weighted by molar-refractivity contribution is 1.07. The van der Waals surface area contributed by atoms with Crippen LogP contribution in [-0.2, 0) is 0 Å². The van der Waals surface area contributed by atoms with Gasteiger partial charge in [0, 0.05) is 54.9 Å². The van der Waals surface area contributed by atoms with Crippen LogP contribution in [0.15, 0.2) is 315 Å². The second-order valence-corrected chi connectivity index (χ2v) is 22.2. The first-order valence-electron chi connectivity index (χ1n) is 29.6. The molecule has 88 heavy (non-hydrogen) atoms. The van der Waals surface area contributed by atoms with Gasteiger partial charge < -0.3 is 9.13 Å². The van der Waals surface area contributed by atoms with E-state index in [1.54, 1.807) is 0 Å². The van der Waals surface area contributed by atoms with Crippen molar-refractivity contribution in [1.29, 1.82) is 5.26 Å². The molecule has 0 amide bonds. The topological polar surface area (TPSA) is 72.3 Å². The van der Waals surface area contributed by atoms with Gasteiger partial charge in [-0.2, -0.15) is 5.26 Å². The Morgan fingerprint density at radius 3 is 0.898 bits per heavy atom. The molecule has 0 aliphatic heterocycles. The predicted molar refractivity (Wildman–Crippen MR) is 362 cm³/mol. The first-order valence-corrected chi connectivity index (χ1v) is 29.6. The van der Waals surface area contributed by atoms with Gasteiger partial charge in [0.05, 0.1) is 45.1 Å². The maximum Gasteiger partial charge on any atom is 0.164 e. The lowest BCUT2D eigenvalue weighted by atomic mass is 9.93. The maximum atomic E-state index is 11.1. The number of hydrogen-bond acceptors (Lipinski definition) is 4. The Balaban J connectivity index is 0.979. The van der Waals surface area contributed by atoms with Crippen molar-refractivity contribution in [2.24, 2.45) is 0 Å². The minimum Gasteiger partial charge on any atom is -0.309 e. The largest absolute Gasteiger partial charge is 0.309 e. The summed E-state index contributed by atoms with van der Waals surface area (Å²) in [4.78, 5) is 15.6. The average Bonchev–Trinajstić information content (AvgIpc) is 1.63. The third kappa shape index (κ3) is 9.19. The summed E-state index contributed by atoms with van der Waals surface area (Å²) in [5.74, 6) is 1.71. The molecule has 0 bridgehead atoms. The van der Waals surface area contributed by atoms with Gasteiger partial charge in [-0.05, 0) is 135 Å². The van der Waals surface area contributed by atoms with Crippen LogP contribution in [0.4, 0.5) is 0 Å². The first kappa shape index (κ1) is 51.6. The summed E-state index contributed by atoms with van der Waals surface area (Å²) in [5, 5.41) is 15.6. The molecule has 16 aromatic rings. The average molecular weight is 1120 g/mol. The number of hydrogen-bond donors (Lipinski definition) is 0. The third-order valence-electron chi connectivity index (χ3n) is 17.0. The summed E-state index contributed by atoms with van der Waals surface area (Å²) in [6, 6.07) is 114. The van der Waals surface area contributed by atoms with E-state index in [1.807, 2.05) is 78.9 Å². The second kappa shape index (κ2) is 21.9. The van der Waals surface area contributed by atoms with Crippen molar-refractivity contribution >= 4 is 43.6 Å². The number of fused-ring (bicyclic) bond motifs is 6. The first-order chi connectivity index (χ1) is 43.6. The number of nitrogens with zero attached hydrogens (tertiary/aromatic N) is 6. The highest BCUT2D eigenvalue weighted by atomic mass is 15.0. The number of nitriles is 1. The molecule has 410 valence electrons. The van der Waals surface area contributed by atoms with Crippen molar-refractivity contribution in [3.05, 3.63) is 321 Å². The van der Waals surface area contributed by atoms with Gasteiger partial charge in [-0.15, -0.1) is 0 Å². The molecule has 6 heteroatoms. The molecule has 0 fully saturated rings. The predicted octanol–water partition coefficient (Wildman–Crippen LogP) is 20.9. The van der Waals surface area contributed by atoms with Gasteiger partial charge in [-0.25, -0.2) is 15.0 Å². The van der Waals surface area contributed by atoms with Crippen molar-refractivity contribution in [3.63, 3.8) is 0 Å². The van der Waals surface area contributed by atoms with Gasteiger partial charge in [0.25, 0.3) is 0 Å². The van der Waals surface area contributed by atoms with Crippen molar-refractivity contribution in [1.82, 2.24) is 24.1 Å². The van der Waals surface area contributed by atoms with Gasteiger partial charge in [0.2, 0.25) is 0 Å². The minimum atomic E-state index is 0.546. The normalized spacial score (nSPS) is 11.4. The second-order valence-electron chi connectivity index (χ2n) is 22.2. The summed E-state index contributed by atoms with van der Waals surface area (Å²) in [6.07, 6.45) is 0. The Hall–Kier alpha value is -12.0. The molecule has 0 saturated heterocycles. The van der Waals surface area contributed by atoms with Gasteiger partial charge in [-0.1, -0.05) is 231 Å². The zero-order valence-electron chi connectivity index (χ0n) is 47.7. The van der Waals surface area contributed by atoms with Crippen LogP contribution in [0.3, 0.4) is 0 Å². The molecule has 0 radical (unpaired) electrons. The number of benzene rings is 13. The molecule has 0 saturated carbocycles. The summed E-state index contributed by atoms with van der Waals surface area (Å²) in [5.41, 5.74) is 22.1. The van der Waals surface area contributed by atoms with Crippen LogP contribution < -0.4 is 0 Å². The highest BCUT2D eigenvalue weighted by molar-refractivity contribution is 6.14. The van der Waals surface area contributed by atoms with Crippen molar-refractivity contribution < 1.29 is 0 Å². The van der Waals surface area contributed by atoms with Gasteiger partial charge in [0.1, 0.15) is 0 Å². The van der Waals surface area contributed by atoms with Gasteiger partial charge in [0.15, 0.2) is 17.5 Å². The Morgan fingerprint density at radius 1 is 0.227 bits per heavy atom. The SMILES string of the molecule is N#Cc1ccccc1-c1cc(-c2cc(-c3nc(-c4ccccc4)nc(-c4ccccc4)n3)ccc2-n2c3ccc(-c4ccccc4)cc3c3cc(-c4ccccc4)ccc32)ccc1-n1c2ccc(-c3ccccc3)cc2c2cc(-c3ccccc3)ccc21. The van der Waals surface area contributed by atoms with E-state index in [2.05, 4.69) is 252 Å². The van der Waals surface area contributed by atoms with E-state index < -0.39 is 0 Å². The molecule has 3 aromatic heterocycles.